The molecule has 0 saturated heterocycles. The van der Waals surface area contributed by atoms with Gasteiger partial charge >= 0.3 is 0 Å². The largest absolute Gasteiger partial charge is 0.261 e. The normalized spacial score (nSPS) is 16.4. The summed E-state index contributed by atoms with van der Waals surface area (Å²) in [6.45, 7) is 2.36. The van der Waals surface area contributed by atoms with Crippen LogP contribution in [0, 0.1) is 6.92 Å². The van der Waals surface area contributed by atoms with E-state index in [-0.39, 0.29) is 11.2 Å². The molecule has 1 fully saturated rings. The molecule has 0 amide bonds. The van der Waals surface area contributed by atoms with E-state index in [9.17, 15) is 8.42 Å². The molecule has 116 valence electrons. The Labute approximate surface area is 131 Å². The topological polar surface area (TPSA) is 59.1 Å². The molecule has 0 bridgehead atoms. The van der Waals surface area contributed by atoms with Crippen molar-refractivity contribution in [2.75, 3.05) is 6.54 Å². The van der Waals surface area contributed by atoms with Crippen molar-refractivity contribution < 1.29 is 8.42 Å². The molecule has 0 unspecified atom stereocenters. The number of benzene rings is 1. The molecule has 5 heteroatoms. The molecule has 1 aliphatic carbocycles. The minimum atomic E-state index is -3.34. The van der Waals surface area contributed by atoms with Gasteiger partial charge < -0.3 is 0 Å². The third kappa shape index (κ3) is 3.36. The first kappa shape index (κ1) is 15.2. The van der Waals surface area contributed by atoms with E-state index < -0.39 is 10.0 Å². The van der Waals surface area contributed by atoms with Crippen molar-refractivity contribution in [2.24, 2.45) is 0 Å². The fourth-order valence-electron chi connectivity index (χ4n) is 2.63. The Kier molecular flexibility index (Phi) is 4.02. The van der Waals surface area contributed by atoms with Crippen molar-refractivity contribution in [3.8, 4) is 0 Å². The molecule has 1 saturated carbocycles. The number of hydrogen-bond acceptors (Lipinski definition) is 3. The number of aromatic nitrogens is 1. The maximum atomic E-state index is 12.3. The van der Waals surface area contributed by atoms with E-state index in [1.54, 1.807) is 6.20 Å². The summed E-state index contributed by atoms with van der Waals surface area (Å²) in [5, 5.41) is 0. The van der Waals surface area contributed by atoms with Crippen molar-refractivity contribution in [1.82, 2.24) is 9.71 Å². The van der Waals surface area contributed by atoms with Gasteiger partial charge in [-0.3, -0.25) is 4.98 Å². The average molecular weight is 316 g/mol. The molecule has 1 N–H and O–H groups in total. The second-order valence-electron chi connectivity index (χ2n) is 6.00. The highest BCUT2D eigenvalue weighted by Crippen LogP contribution is 2.46. The van der Waals surface area contributed by atoms with Crippen LogP contribution in [-0.4, -0.2) is 19.9 Å². The predicted octanol–water partition coefficient (Wildman–Crippen LogP) is 2.54. The SMILES string of the molecule is Cc1ccccc1CS(=O)(=O)NCC1(c2ccccn2)CC1. The molecule has 0 atom stereocenters. The van der Waals surface area contributed by atoms with Gasteiger partial charge in [0.05, 0.1) is 5.75 Å². The lowest BCUT2D eigenvalue weighted by Crippen LogP contribution is -2.33. The van der Waals surface area contributed by atoms with Crippen LogP contribution in [0.1, 0.15) is 29.7 Å². The van der Waals surface area contributed by atoms with Gasteiger partial charge in [-0.05, 0) is 43.0 Å². The lowest BCUT2D eigenvalue weighted by atomic mass is 10.0. The zero-order valence-corrected chi connectivity index (χ0v) is 13.4. The van der Waals surface area contributed by atoms with Crippen LogP contribution >= 0.6 is 0 Å². The number of sulfonamides is 1. The number of aryl methyl sites for hydroxylation is 1. The smallest absolute Gasteiger partial charge is 0.215 e. The third-order valence-electron chi connectivity index (χ3n) is 4.30. The van der Waals surface area contributed by atoms with Crippen molar-refractivity contribution >= 4 is 10.0 Å². The Morgan fingerprint density at radius 1 is 1.14 bits per heavy atom. The van der Waals surface area contributed by atoms with Gasteiger partial charge in [0.25, 0.3) is 0 Å². The first-order valence-corrected chi connectivity index (χ1v) is 9.09. The van der Waals surface area contributed by atoms with Crippen LogP contribution in [0.25, 0.3) is 0 Å². The van der Waals surface area contributed by atoms with E-state index in [4.69, 9.17) is 0 Å². The zero-order valence-electron chi connectivity index (χ0n) is 12.6. The number of nitrogens with one attached hydrogen (secondary N) is 1. The number of rotatable bonds is 6. The molecule has 22 heavy (non-hydrogen) atoms. The highest BCUT2D eigenvalue weighted by atomic mass is 32.2. The van der Waals surface area contributed by atoms with Crippen molar-refractivity contribution in [3.63, 3.8) is 0 Å². The highest BCUT2D eigenvalue weighted by molar-refractivity contribution is 7.88. The van der Waals surface area contributed by atoms with Gasteiger partial charge in [0, 0.05) is 23.9 Å². The number of pyridine rings is 1. The minimum Gasteiger partial charge on any atom is -0.261 e. The van der Waals surface area contributed by atoms with Gasteiger partial charge in [0.1, 0.15) is 0 Å². The summed E-state index contributed by atoms with van der Waals surface area (Å²) >= 11 is 0. The standard InChI is InChI=1S/C17H20N2O2S/c1-14-6-2-3-7-15(14)12-22(20,21)19-13-17(9-10-17)16-8-4-5-11-18-16/h2-8,11,19H,9-10,12-13H2,1H3. The lowest BCUT2D eigenvalue weighted by molar-refractivity contribution is 0.563. The average Bonchev–Trinajstić information content (AvgIpc) is 3.30. The molecule has 4 nitrogen and oxygen atoms in total. The molecule has 0 spiro atoms. The minimum absolute atomic E-state index is 0.0258. The van der Waals surface area contributed by atoms with Gasteiger partial charge in [0.15, 0.2) is 0 Å². The first-order chi connectivity index (χ1) is 10.5. The Morgan fingerprint density at radius 3 is 2.50 bits per heavy atom. The molecular weight excluding hydrogens is 296 g/mol. The predicted molar refractivity (Wildman–Crippen MR) is 87.0 cm³/mol. The Bertz CT molecular complexity index is 753. The van der Waals surface area contributed by atoms with E-state index in [1.807, 2.05) is 49.4 Å². The summed E-state index contributed by atoms with van der Waals surface area (Å²) < 4.78 is 27.4. The van der Waals surface area contributed by atoms with Gasteiger partial charge in [-0.1, -0.05) is 30.3 Å². The van der Waals surface area contributed by atoms with Gasteiger partial charge in [-0.2, -0.15) is 0 Å². The van der Waals surface area contributed by atoms with Crippen LogP contribution < -0.4 is 4.72 Å². The van der Waals surface area contributed by atoms with Gasteiger partial charge in [0.2, 0.25) is 10.0 Å². The molecule has 1 heterocycles. The summed E-state index contributed by atoms with van der Waals surface area (Å²) in [4.78, 5) is 4.38. The van der Waals surface area contributed by atoms with E-state index in [1.165, 1.54) is 0 Å². The second-order valence-corrected chi connectivity index (χ2v) is 7.81. The van der Waals surface area contributed by atoms with Crippen LogP contribution in [0.3, 0.4) is 0 Å². The summed E-state index contributed by atoms with van der Waals surface area (Å²) in [5.74, 6) is 0.0258. The fourth-order valence-corrected chi connectivity index (χ4v) is 3.96. The highest BCUT2D eigenvalue weighted by Gasteiger charge is 2.45. The zero-order chi connectivity index (χ0) is 15.6. The molecule has 2 aromatic rings. The molecular formula is C17H20N2O2S. The Morgan fingerprint density at radius 2 is 1.86 bits per heavy atom. The van der Waals surface area contributed by atoms with E-state index in [0.29, 0.717) is 6.54 Å². The number of hydrogen-bond donors (Lipinski definition) is 1. The van der Waals surface area contributed by atoms with Gasteiger partial charge in [-0.25, -0.2) is 13.1 Å². The number of nitrogens with zero attached hydrogens (tertiary/aromatic N) is 1. The Balaban J connectivity index is 1.67. The van der Waals surface area contributed by atoms with Crippen LogP contribution in [0.15, 0.2) is 48.7 Å². The van der Waals surface area contributed by atoms with E-state index >= 15 is 0 Å². The molecule has 0 radical (unpaired) electrons. The Hall–Kier alpha value is -1.72. The molecule has 1 aliphatic rings. The van der Waals surface area contributed by atoms with Gasteiger partial charge in [-0.15, -0.1) is 0 Å². The van der Waals surface area contributed by atoms with Crippen molar-refractivity contribution in [2.45, 2.75) is 30.9 Å². The lowest BCUT2D eigenvalue weighted by Gasteiger charge is -2.16. The molecule has 1 aromatic carbocycles. The molecule has 0 aliphatic heterocycles. The van der Waals surface area contributed by atoms with E-state index in [2.05, 4.69) is 9.71 Å². The summed E-state index contributed by atoms with van der Waals surface area (Å²) in [6.07, 6.45) is 3.73. The van der Waals surface area contributed by atoms with Crippen molar-refractivity contribution in [3.05, 3.63) is 65.5 Å². The van der Waals surface area contributed by atoms with Crippen LogP contribution in [-0.2, 0) is 21.2 Å². The summed E-state index contributed by atoms with van der Waals surface area (Å²) in [5.41, 5.74) is 2.71. The van der Waals surface area contributed by atoms with Crippen LogP contribution in [0.5, 0.6) is 0 Å². The maximum Gasteiger partial charge on any atom is 0.215 e. The molecule has 3 rings (SSSR count). The third-order valence-corrected chi connectivity index (χ3v) is 5.57. The fraction of sp³-hybridized carbons (Fsp3) is 0.353. The van der Waals surface area contributed by atoms with E-state index in [0.717, 1.165) is 29.7 Å². The monoisotopic (exact) mass is 316 g/mol. The van der Waals surface area contributed by atoms with Crippen molar-refractivity contribution in [1.29, 1.82) is 0 Å². The van der Waals surface area contributed by atoms with Crippen LogP contribution in [0.2, 0.25) is 0 Å². The quantitative estimate of drug-likeness (QED) is 0.891. The maximum absolute atomic E-state index is 12.3. The van der Waals surface area contributed by atoms with Crippen LogP contribution in [0.4, 0.5) is 0 Å². The summed E-state index contributed by atoms with van der Waals surface area (Å²) in [6, 6.07) is 13.4. The first-order valence-electron chi connectivity index (χ1n) is 7.44. The molecule has 1 aromatic heterocycles. The second kappa shape index (κ2) is 5.82. The summed E-state index contributed by atoms with van der Waals surface area (Å²) in [7, 11) is -3.34.